The molecule has 14 N–H and O–H groups in total. The van der Waals surface area contributed by atoms with E-state index >= 15 is 0 Å². The van der Waals surface area contributed by atoms with Crippen molar-refractivity contribution >= 4 is 58.9 Å². The van der Waals surface area contributed by atoms with Gasteiger partial charge in [-0.25, -0.2) is 0 Å². The summed E-state index contributed by atoms with van der Waals surface area (Å²) in [4.78, 5) is 137. The summed E-state index contributed by atoms with van der Waals surface area (Å²) in [6, 6.07) is -8.95. The average Bonchev–Trinajstić information content (AvgIpc) is 3.35. The first-order valence-electron chi connectivity index (χ1n) is 27.9. The van der Waals surface area contributed by atoms with E-state index in [0.717, 1.165) is 0 Å². The third-order valence-corrected chi connectivity index (χ3v) is 13.5. The van der Waals surface area contributed by atoms with Crippen molar-refractivity contribution in [1.82, 2.24) is 47.9 Å². The smallest absolute Gasteiger partial charge is 0.268 e. The second-order valence-electron chi connectivity index (χ2n) is 22.4. The van der Waals surface area contributed by atoms with E-state index in [1.807, 2.05) is 41.5 Å². The van der Waals surface area contributed by atoms with Crippen LogP contribution in [0.15, 0.2) is 11.8 Å². The maximum absolute atomic E-state index is 14.3. The lowest BCUT2D eigenvalue weighted by atomic mass is 9.95. The number of aliphatic hydroxyl groups excluding tert-OH is 1. The molecule has 0 aromatic heterocycles. The molecule has 442 valence electrons. The predicted molar refractivity (Wildman–Crippen MR) is 298 cm³/mol. The van der Waals surface area contributed by atoms with Crippen molar-refractivity contribution < 1.29 is 53.1 Å². The fourth-order valence-electron chi connectivity index (χ4n) is 8.13. The van der Waals surface area contributed by atoms with Gasteiger partial charge in [0.05, 0.1) is 6.04 Å². The van der Waals surface area contributed by atoms with Crippen molar-refractivity contribution in [2.45, 2.75) is 223 Å². The van der Waals surface area contributed by atoms with Crippen LogP contribution in [0.5, 0.6) is 0 Å². The molecule has 0 saturated heterocycles. The molecular weight excluding hydrogens is 991 g/mol. The summed E-state index contributed by atoms with van der Waals surface area (Å²) >= 11 is 0. The van der Waals surface area contributed by atoms with Crippen LogP contribution in [-0.2, 0) is 47.9 Å². The van der Waals surface area contributed by atoms with Gasteiger partial charge in [0.25, 0.3) is 11.8 Å². The van der Waals surface area contributed by atoms with Crippen molar-refractivity contribution in [3.8, 4) is 0 Å². The van der Waals surface area contributed by atoms with Gasteiger partial charge in [-0.15, -0.1) is 0 Å². The maximum atomic E-state index is 14.3. The number of Topliss-reactive ketones (excluding diaryl/α,β-unsaturated/α-hetero) is 1. The zero-order chi connectivity index (χ0) is 59.4. The molecule has 0 rings (SSSR count). The average molecular weight is 1090 g/mol. The van der Waals surface area contributed by atoms with Gasteiger partial charge in [-0.2, -0.15) is 0 Å². The van der Waals surface area contributed by atoms with Crippen LogP contribution in [0.2, 0.25) is 0 Å². The van der Waals surface area contributed by atoms with Crippen LogP contribution in [-0.4, -0.2) is 132 Å². The SMILES string of the molecule is C/C=C(/NC(=O)C(O)[C@H](C)CC)C(=O)N[C@@H](CC(C)C)C(=O)N[C@H](CCCN)C(=O)N[C@H](C(=O)N[C@H](C(=O)N[C@H](C(=O)NC(CCCCN)C(=O)N[C@H](C(=O)NC(CC(C)C)C(C)=O)C(C)C)C(C)C)C(C)C)[C@@H](C)CC. The Kier molecular flexibility index (Phi) is 34.0. The van der Waals surface area contributed by atoms with Crippen LogP contribution < -0.4 is 59.3 Å². The first-order valence-corrected chi connectivity index (χ1v) is 27.9. The van der Waals surface area contributed by atoms with Crippen molar-refractivity contribution in [2.75, 3.05) is 13.1 Å². The first-order chi connectivity index (χ1) is 35.9. The number of unbranched alkanes of at least 4 members (excludes halogenated alkanes) is 1. The molecule has 0 fully saturated rings. The van der Waals surface area contributed by atoms with Gasteiger partial charge in [0.15, 0.2) is 5.78 Å². The summed E-state index contributed by atoms with van der Waals surface area (Å²) in [5.74, 6) is -8.82. The fraction of sp³-hybridized carbons (Fsp3) is 0.782. The Bertz CT molecular complexity index is 1960. The molecule has 22 nitrogen and oxygen atoms in total. The highest BCUT2D eigenvalue weighted by molar-refractivity contribution is 6.01. The summed E-state index contributed by atoms with van der Waals surface area (Å²) in [6.45, 7) is 28.3. The number of nitrogens with two attached hydrogens (primary N) is 2. The lowest BCUT2D eigenvalue weighted by Gasteiger charge is -2.31. The first kappa shape index (κ1) is 71.5. The van der Waals surface area contributed by atoms with Gasteiger partial charge >= 0.3 is 0 Å². The molecule has 0 aliphatic heterocycles. The minimum absolute atomic E-state index is 0.0633. The second-order valence-corrected chi connectivity index (χ2v) is 22.4. The highest BCUT2D eigenvalue weighted by Crippen LogP contribution is 2.16. The Hall–Kier alpha value is -5.48. The van der Waals surface area contributed by atoms with Crippen LogP contribution in [0, 0.1) is 41.4 Å². The van der Waals surface area contributed by atoms with Gasteiger partial charge in [0, 0.05) is 0 Å². The number of hydrogen-bond acceptors (Lipinski definition) is 13. The molecule has 0 aromatic carbocycles. The number of carbonyl (C=O) groups is 10. The fourth-order valence-corrected chi connectivity index (χ4v) is 8.13. The molecule has 0 radical (unpaired) electrons. The zero-order valence-electron chi connectivity index (χ0n) is 49.3. The molecule has 11 atom stereocenters. The number of ketones is 1. The molecule has 3 unspecified atom stereocenters. The highest BCUT2D eigenvalue weighted by Gasteiger charge is 2.38. The van der Waals surface area contributed by atoms with E-state index in [1.165, 1.54) is 19.9 Å². The van der Waals surface area contributed by atoms with Crippen LogP contribution in [0.1, 0.15) is 169 Å². The maximum Gasteiger partial charge on any atom is 0.268 e. The summed E-state index contributed by atoms with van der Waals surface area (Å²) in [7, 11) is 0. The lowest BCUT2D eigenvalue weighted by molar-refractivity contribution is -0.137. The third kappa shape index (κ3) is 25.7. The number of nitrogens with one attached hydrogen (secondary N) is 9. The van der Waals surface area contributed by atoms with E-state index in [-0.39, 0.29) is 55.0 Å². The number of aliphatic hydroxyl groups is 1. The standard InChI is InChI=1S/C55H101N11O11/c1-17-34(14)45(66-49(71)39(24-22-26-57)59-50(72)41(28-30(6)7)62-47(69)37(19-3)58-55(77)46(68)35(15)18-2)54(76)65-44(33(12)13)53(75)64-43(32(10)11)51(73)60-38(23-20-21-25-56)48(70)63-42(31(8)9)52(74)61-40(36(16)67)27-29(4)5/h19,29-35,38-46,68H,17-18,20-28,56-57H2,1-16H3,(H,58,77)(H,59,72)(H,60,73)(H,61,74)(H,62,69)(H,63,70)(H,64,75)(H,65,76)(H,66,71)/b37-19+/t34-,35+,38?,39+,40?,41-,42-,43-,44-,45-,46?/m0/s1. The molecule has 0 spiro atoms. The van der Waals surface area contributed by atoms with Gasteiger partial charge in [-0.3, -0.25) is 47.9 Å². The van der Waals surface area contributed by atoms with Crippen molar-refractivity contribution in [1.29, 1.82) is 0 Å². The Morgan fingerprint density at radius 3 is 1.21 bits per heavy atom. The molecule has 0 saturated carbocycles. The summed E-state index contributed by atoms with van der Waals surface area (Å²) in [5, 5.41) is 34.9. The van der Waals surface area contributed by atoms with Crippen LogP contribution in [0.25, 0.3) is 0 Å². The summed E-state index contributed by atoms with van der Waals surface area (Å²) in [6.07, 6.45) is 2.95. The van der Waals surface area contributed by atoms with Gasteiger partial charge in [0.2, 0.25) is 41.4 Å². The van der Waals surface area contributed by atoms with Crippen molar-refractivity contribution in [2.24, 2.45) is 52.9 Å². The van der Waals surface area contributed by atoms with E-state index in [2.05, 4.69) is 47.9 Å². The minimum atomic E-state index is -1.37. The van der Waals surface area contributed by atoms with E-state index in [0.29, 0.717) is 45.1 Å². The molecule has 0 aromatic rings. The van der Waals surface area contributed by atoms with E-state index in [1.54, 1.807) is 55.4 Å². The number of amides is 9. The third-order valence-electron chi connectivity index (χ3n) is 13.5. The minimum Gasteiger partial charge on any atom is -0.383 e. The normalized spacial score (nSPS) is 16.1. The number of rotatable bonds is 37. The second kappa shape index (κ2) is 36.6. The Labute approximate surface area is 459 Å². The summed E-state index contributed by atoms with van der Waals surface area (Å²) in [5.41, 5.74) is 11.4. The molecule has 0 aliphatic carbocycles. The lowest BCUT2D eigenvalue weighted by Crippen LogP contribution is -2.62. The molecule has 0 aliphatic rings. The monoisotopic (exact) mass is 1090 g/mol. The largest absolute Gasteiger partial charge is 0.383 e. The van der Waals surface area contributed by atoms with Crippen LogP contribution in [0.3, 0.4) is 0 Å². The van der Waals surface area contributed by atoms with Gasteiger partial charge in [-0.1, -0.05) is 116 Å². The van der Waals surface area contributed by atoms with Gasteiger partial charge in [-0.05, 0) is 113 Å². The Morgan fingerprint density at radius 2 is 0.805 bits per heavy atom. The highest BCUT2D eigenvalue weighted by atomic mass is 16.3. The van der Waals surface area contributed by atoms with E-state index in [4.69, 9.17) is 11.5 Å². The Balaban J connectivity index is 6.60. The number of carbonyl (C=O) groups excluding carboxylic acids is 10. The number of hydrogen-bond donors (Lipinski definition) is 12. The van der Waals surface area contributed by atoms with E-state index in [9.17, 15) is 53.1 Å². The predicted octanol–water partition coefficient (Wildman–Crippen LogP) is 1.85. The number of allylic oxidation sites excluding steroid dienone is 1. The van der Waals surface area contributed by atoms with Gasteiger partial charge in [0.1, 0.15) is 54.1 Å². The molecule has 9 amide bonds. The molecule has 0 bridgehead atoms. The van der Waals surface area contributed by atoms with Crippen molar-refractivity contribution in [3.05, 3.63) is 11.8 Å². The molecular formula is C55H101N11O11. The topological polar surface area (TPSA) is 351 Å². The quantitative estimate of drug-likeness (QED) is 0.0313. The van der Waals surface area contributed by atoms with Crippen molar-refractivity contribution in [3.63, 3.8) is 0 Å². The molecule has 22 heteroatoms. The zero-order valence-corrected chi connectivity index (χ0v) is 49.3. The molecule has 0 heterocycles. The van der Waals surface area contributed by atoms with Crippen LogP contribution in [0.4, 0.5) is 0 Å². The Morgan fingerprint density at radius 1 is 0.442 bits per heavy atom. The van der Waals surface area contributed by atoms with Gasteiger partial charge < -0.3 is 64.4 Å². The molecule has 77 heavy (non-hydrogen) atoms. The summed E-state index contributed by atoms with van der Waals surface area (Å²) < 4.78 is 0. The van der Waals surface area contributed by atoms with E-state index < -0.39 is 131 Å². The van der Waals surface area contributed by atoms with Crippen LogP contribution >= 0.6 is 0 Å².